The average Bonchev–Trinajstić information content (AvgIpc) is 3.09. The third kappa shape index (κ3) is 2.03. The molecule has 0 bridgehead atoms. The van der Waals surface area contributed by atoms with Crippen molar-refractivity contribution in [2.75, 3.05) is 6.54 Å². The summed E-state index contributed by atoms with van der Waals surface area (Å²) in [4.78, 5) is 0. The van der Waals surface area contributed by atoms with Crippen LogP contribution in [0.15, 0.2) is 24.3 Å². The van der Waals surface area contributed by atoms with E-state index in [0.29, 0.717) is 5.92 Å². The van der Waals surface area contributed by atoms with Crippen LogP contribution in [-0.2, 0) is 13.0 Å². The Morgan fingerprint density at radius 1 is 1.24 bits per heavy atom. The molecule has 0 amide bonds. The Hall–Kier alpha value is -1.88. The monoisotopic (exact) mass is 284 g/mol. The van der Waals surface area contributed by atoms with Crippen molar-refractivity contribution in [3.05, 3.63) is 41.5 Å². The van der Waals surface area contributed by atoms with E-state index in [2.05, 4.69) is 46.1 Å². The van der Waals surface area contributed by atoms with E-state index < -0.39 is 0 Å². The van der Waals surface area contributed by atoms with Crippen LogP contribution in [-0.4, -0.2) is 21.3 Å². The van der Waals surface area contributed by atoms with Gasteiger partial charge >= 0.3 is 0 Å². The van der Waals surface area contributed by atoms with Crippen molar-refractivity contribution >= 4 is 0 Å². The van der Waals surface area contributed by atoms with Crippen LogP contribution in [0.3, 0.4) is 0 Å². The topological polar surface area (TPSA) is 52.0 Å². The second-order valence-corrected chi connectivity index (χ2v) is 6.16. The fourth-order valence-electron chi connectivity index (χ4n) is 3.31. The van der Waals surface area contributed by atoms with Crippen LogP contribution in [0.1, 0.15) is 43.2 Å². The van der Waals surface area contributed by atoms with Crippen molar-refractivity contribution in [2.24, 2.45) is 5.92 Å². The molecule has 110 valence electrons. The van der Waals surface area contributed by atoms with Gasteiger partial charge in [-0.1, -0.05) is 32.0 Å². The minimum atomic E-state index is -0.00503. The Balaban J connectivity index is 1.67. The molecular weight excluding hydrogens is 264 g/mol. The molecule has 5 nitrogen and oxygen atoms in total. The Labute approximate surface area is 124 Å². The maximum Gasteiger partial charge on any atom is 0.174 e. The Kier molecular flexibility index (Phi) is 2.96. The van der Waals surface area contributed by atoms with Crippen LogP contribution in [0.25, 0.3) is 0 Å². The van der Waals surface area contributed by atoms with Gasteiger partial charge in [0.05, 0.1) is 6.04 Å². The summed E-state index contributed by atoms with van der Waals surface area (Å²) in [5.74, 6) is 3.50. The van der Waals surface area contributed by atoms with Crippen LogP contribution < -0.4 is 10.1 Å². The van der Waals surface area contributed by atoms with Gasteiger partial charge in [-0.05, 0) is 17.5 Å². The maximum atomic E-state index is 6.07. The molecule has 5 heteroatoms. The van der Waals surface area contributed by atoms with E-state index in [1.54, 1.807) is 0 Å². The predicted octanol–water partition coefficient (Wildman–Crippen LogP) is 2.25. The number of benzene rings is 1. The number of nitrogens with one attached hydrogen (secondary N) is 1. The second-order valence-electron chi connectivity index (χ2n) is 6.16. The molecule has 2 aliphatic rings. The summed E-state index contributed by atoms with van der Waals surface area (Å²) in [7, 11) is 0. The maximum absolute atomic E-state index is 6.07. The van der Waals surface area contributed by atoms with Crippen LogP contribution in [0, 0.1) is 5.92 Å². The number of aromatic nitrogens is 3. The van der Waals surface area contributed by atoms with Crippen LogP contribution >= 0.6 is 0 Å². The number of ether oxygens (including phenoxy) is 1. The molecule has 2 atom stereocenters. The molecule has 2 unspecified atom stereocenters. The summed E-state index contributed by atoms with van der Waals surface area (Å²) >= 11 is 0. The van der Waals surface area contributed by atoms with Crippen molar-refractivity contribution in [1.82, 2.24) is 20.1 Å². The smallest absolute Gasteiger partial charge is 0.174 e. The van der Waals surface area contributed by atoms with Crippen molar-refractivity contribution in [3.63, 3.8) is 0 Å². The molecular formula is C16H20N4O. The molecule has 0 saturated carbocycles. The highest BCUT2D eigenvalue weighted by Gasteiger charge is 2.33. The van der Waals surface area contributed by atoms with E-state index >= 15 is 0 Å². The van der Waals surface area contributed by atoms with Crippen molar-refractivity contribution in [1.29, 1.82) is 0 Å². The number of para-hydroxylation sites is 1. The quantitative estimate of drug-likeness (QED) is 0.919. The van der Waals surface area contributed by atoms with Gasteiger partial charge in [-0.15, -0.1) is 10.2 Å². The van der Waals surface area contributed by atoms with E-state index in [9.17, 15) is 0 Å². The summed E-state index contributed by atoms with van der Waals surface area (Å²) in [6.07, 6.45) is 0.878. The number of hydrogen-bond donors (Lipinski definition) is 1. The highest BCUT2D eigenvalue weighted by atomic mass is 16.5. The van der Waals surface area contributed by atoms with Gasteiger partial charge < -0.3 is 14.6 Å². The Bertz CT molecular complexity index is 639. The molecule has 1 N–H and O–H groups in total. The van der Waals surface area contributed by atoms with Gasteiger partial charge in [0.15, 0.2) is 17.8 Å². The molecule has 0 saturated heterocycles. The highest BCUT2D eigenvalue weighted by Crippen LogP contribution is 2.36. The van der Waals surface area contributed by atoms with Gasteiger partial charge in [-0.3, -0.25) is 0 Å². The lowest BCUT2D eigenvalue weighted by atomic mass is 10.0. The molecule has 1 aromatic carbocycles. The van der Waals surface area contributed by atoms with Gasteiger partial charge in [0, 0.05) is 19.5 Å². The summed E-state index contributed by atoms with van der Waals surface area (Å²) < 4.78 is 8.32. The number of fused-ring (bicyclic) bond motifs is 2. The van der Waals surface area contributed by atoms with Crippen molar-refractivity contribution in [2.45, 2.75) is 39.0 Å². The molecule has 0 spiro atoms. The molecule has 0 fully saturated rings. The van der Waals surface area contributed by atoms with E-state index in [1.807, 2.05) is 12.1 Å². The first-order valence-electron chi connectivity index (χ1n) is 7.65. The molecule has 0 radical (unpaired) electrons. The molecule has 2 aromatic rings. The molecule has 2 aliphatic heterocycles. The lowest BCUT2D eigenvalue weighted by molar-refractivity contribution is 0.216. The van der Waals surface area contributed by atoms with E-state index in [-0.39, 0.29) is 12.1 Å². The predicted molar refractivity (Wildman–Crippen MR) is 79.1 cm³/mol. The van der Waals surface area contributed by atoms with E-state index in [0.717, 1.165) is 36.9 Å². The summed E-state index contributed by atoms with van der Waals surface area (Å²) in [5.41, 5.74) is 1.26. The minimum absolute atomic E-state index is 0.00503. The molecule has 1 aromatic heterocycles. The van der Waals surface area contributed by atoms with Gasteiger partial charge in [0.2, 0.25) is 0 Å². The summed E-state index contributed by atoms with van der Waals surface area (Å²) in [6, 6.07) is 8.51. The van der Waals surface area contributed by atoms with Gasteiger partial charge in [0.1, 0.15) is 5.75 Å². The zero-order chi connectivity index (χ0) is 14.4. The van der Waals surface area contributed by atoms with Gasteiger partial charge in [-0.25, -0.2) is 0 Å². The SMILES string of the molecule is CC(C)C1NCCn2c(C3Cc4ccccc4O3)nnc21. The second kappa shape index (κ2) is 4.84. The molecule has 21 heavy (non-hydrogen) atoms. The first-order valence-corrected chi connectivity index (χ1v) is 7.65. The first-order chi connectivity index (χ1) is 10.2. The lowest BCUT2D eigenvalue weighted by Crippen LogP contribution is -2.37. The lowest BCUT2D eigenvalue weighted by Gasteiger charge is -2.28. The molecule has 4 rings (SSSR count). The van der Waals surface area contributed by atoms with E-state index in [4.69, 9.17) is 4.74 Å². The standard InChI is InChI=1S/C16H20N4O/c1-10(2)14-16-19-18-15(20(16)8-7-17-14)13-9-11-5-3-4-6-12(11)21-13/h3-6,10,13-14,17H,7-9H2,1-2H3. The van der Waals surface area contributed by atoms with E-state index in [1.165, 1.54) is 5.56 Å². The number of hydrogen-bond acceptors (Lipinski definition) is 4. The van der Waals surface area contributed by atoms with Crippen molar-refractivity contribution in [3.8, 4) is 5.75 Å². The first kappa shape index (κ1) is 12.8. The fourth-order valence-corrected chi connectivity index (χ4v) is 3.31. The van der Waals surface area contributed by atoms with Gasteiger partial charge in [0.25, 0.3) is 0 Å². The summed E-state index contributed by atoms with van der Waals surface area (Å²) in [5, 5.41) is 12.4. The number of rotatable bonds is 2. The summed E-state index contributed by atoms with van der Waals surface area (Å²) in [6.45, 7) is 6.30. The largest absolute Gasteiger partial charge is 0.482 e. The molecule has 3 heterocycles. The molecule has 0 aliphatic carbocycles. The highest BCUT2D eigenvalue weighted by molar-refractivity contribution is 5.38. The van der Waals surface area contributed by atoms with Crippen LogP contribution in [0.2, 0.25) is 0 Å². The Morgan fingerprint density at radius 2 is 2.05 bits per heavy atom. The zero-order valence-electron chi connectivity index (χ0n) is 12.4. The zero-order valence-corrected chi connectivity index (χ0v) is 12.4. The third-order valence-electron chi connectivity index (χ3n) is 4.39. The third-order valence-corrected chi connectivity index (χ3v) is 4.39. The normalized spacial score (nSPS) is 23.8. The average molecular weight is 284 g/mol. The minimum Gasteiger partial charge on any atom is -0.482 e. The van der Waals surface area contributed by atoms with Crippen LogP contribution in [0.4, 0.5) is 0 Å². The number of nitrogens with zero attached hydrogens (tertiary/aromatic N) is 3. The Morgan fingerprint density at radius 3 is 2.86 bits per heavy atom. The van der Waals surface area contributed by atoms with Gasteiger partial charge in [-0.2, -0.15) is 0 Å². The van der Waals surface area contributed by atoms with Crippen molar-refractivity contribution < 1.29 is 4.74 Å². The fraction of sp³-hybridized carbons (Fsp3) is 0.500. The van der Waals surface area contributed by atoms with Crippen LogP contribution in [0.5, 0.6) is 5.75 Å².